The smallest absolute Gasteiger partial charge is 0.143 e. The van der Waals surface area contributed by atoms with Crippen molar-refractivity contribution in [1.29, 1.82) is 0 Å². The molecule has 2 rings (SSSR count). The Labute approximate surface area is 113 Å². The summed E-state index contributed by atoms with van der Waals surface area (Å²) in [6.07, 6.45) is 3.02. The van der Waals surface area contributed by atoms with Gasteiger partial charge in [0.25, 0.3) is 0 Å². The van der Waals surface area contributed by atoms with E-state index in [1.807, 2.05) is 12.3 Å². The average molecular weight is 349 g/mol. The van der Waals surface area contributed by atoms with Crippen LogP contribution in [0.3, 0.4) is 0 Å². The second kappa shape index (κ2) is 5.02. The number of rotatable bonds is 2. The second-order valence-electron chi connectivity index (χ2n) is 4.22. The summed E-state index contributed by atoms with van der Waals surface area (Å²) in [6, 6.07) is 2.43. The predicted octanol–water partition coefficient (Wildman–Crippen LogP) is 2.78. The monoisotopic (exact) mass is 347 g/mol. The Morgan fingerprint density at radius 3 is 2.94 bits per heavy atom. The molecular weight excluding hydrogens is 334 g/mol. The fourth-order valence-corrected chi connectivity index (χ4v) is 3.46. The normalized spacial score (nSPS) is 25.1. The first kappa shape index (κ1) is 12.3. The number of nitrogens with two attached hydrogens (primary N) is 1. The number of anilines is 1. The highest BCUT2D eigenvalue weighted by molar-refractivity contribution is 9.11. The standard InChI is InChI=1S/C11H15Br2N3/c1-7-2-3-16(10(7)5-14)11-9(13)4-8(12)6-15-11/h4,6-7,10H,2-3,5,14H2,1H3. The van der Waals surface area contributed by atoms with Crippen molar-refractivity contribution in [3.8, 4) is 0 Å². The van der Waals surface area contributed by atoms with Crippen LogP contribution in [0.25, 0.3) is 0 Å². The quantitative estimate of drug-likeness (QED) is 0.893. The van der Waals surface area contributed by atoms with Crippen LogP contribution >= 0.6 is 31.9 Å². The van der Waals surface area contributed by atoms with E-state index in [9.17, 15) is 0 Å². The van der Waals surface area contributed by atoms with Crippen LogP contribution in [0.2, 0.25) is 0 Å². The van der Waals surface area contributed by atoms with E-state index in [0.29, 0.717) is 18.5 Å². The molecule has 0 bridgehead atoms. The first-order chi connectivity index (χ1) is 7.63. The highest BCUT2D eigenvalue weighted by Crippen LogP contribution is 2.33. The molecule has 16 heavy (non-hydrogen) atoms. The fraction of sp³-hybridized carbons (Fsp3) is 0.545. The maximum absolute atomic E-state index is 5.84. The number of halogens is 2. The molecule has 2 atom stereocenters. The van der Waals surface area contributed by atoms with Crippen LogP contribution in [0, 0.1) is 5.92 Å². The minimum Gasteiger partial charge on any atom is -0.351 e. The lowest BCUT2D eigenvalue weighted by Gasteiger charge is -2.27. The van der Waals surface area contributed by atoms with Crippen LogP contribution < -0.4 is 10.6 Å². The van der Waals surface area contributed by atoms with Crippen molar-refractivity contribution < 1.29 is 0 Å². The van der Waals surface area contributed by atoms with Gasteiger partial charge in [0.05, 0.1) is 4.47 Å². The molecular formula is C11H15Br2N3. The zero-order valence-electron chi connectivity index (χ0n) is 9.16. The van der Waals surface area contributed by atoms with Gasteiger partial charge in [-0.25, -0.2) is 4.98 Å². The van der Waals surface area contributed by atoms with Gasteiger partial charge in [-0.15, -0.1) is 0 Å². The summed E-state index contributed by atoms with van der Waals surface area (Å²) in [5.41, 5.74) is 5.84. The van der Waals surface area contributed by atoms with E-state index in [-0.39, 0.29) is 0 Å². The first-order valence-electron chi connectivity index (χ1n) is 5.41. The molecule has 0 aromatic carbocycles. The predicted molar refractivity (Wildman–Crippen MR) is 73.6 cm³/mol. The lowest BCUT2D eigenvalue weighted by atomic mass is 10.0. The third-order valence-corrected chi connectivity index (χ3v) is 4.20. The maximum atomic E-state index is 5.84. The van der Waals surface area contributed by atoms with Crippen molar-refractivity contribution in [3.63, 3.8) is 0 Å². The number of nitrogens with zero attached hydrogens (tertiary/aromatic N) is 2. The number of hydrogen-bond acceptors (Lipinski definition) is 3. The van der Waals surface area contributed by atoms with Gasteiger partial charge >= 0.3 is 0 Å². The molecule has 2 heterocycles. The van der Waals surface area contributed by atoms with Gasteiger partial charge in [0, 0.05) is 29.8 Å². The third kappa shape index (κ3) is 2.26. The summed E-state index contributed by atoms with van der Waals surface area (Å²) >= 11 is 6.97. The average Bonchev–Trinajstić information content (AvgIpc) is 2.59. The van der Waals surface area contributed by atoms with Gasteiger partial charge < -0.3 is 10.6 Å². The summed E-state index contributed by atoms with van der Waals surface area (Å²) in [4.78, 5) is 6.78. The Morgan fingerprint density at radius 2 is 2.31 bits per heavy atom. The molecule has 0 aliphatic carbocycles. The molecule has 0 radical (unpaired) electrons. The first-order valence-corrected chi connectivity index (χ1v) is 7.00. The largest absolute Gasteiger partial charge is 0.351 e. The van der Waals surface area contributed by atoms with E-state index >= 15 is 0 Å². The Kier molecular flexibility index (Phi) is 3.87. The molecule has 1 aliphatic rings. The number of pyridine rings is 1. The number of aromatic nitrogens is 1. The lowest BCUT2D eigenvalue weighted by Crippen LogP contribution is -2.39. The van der Waals surface area contributed by atoms with E-state index in [1.165, 1.54) is 6.42 Å². The Balaban J connectivity index is 2.30. The van der Waals surface area contributed by atoms with E-state index in [1.54, 1.807) is 0 Å². The minimum absolute atomic E-state index is 0.407. The van der Waals surface area contributed by atoms with Crippen LogP contribution in [0.1, 0.15) is 13.3 Å². The Morgan fingerprint density at radius 1 is 1.56 bits per heavy atom. The van der Waals surface area contributed by atoms with Crippen molar-refractivity contribution in [2.45, 2.75) is 19.4 Å². The van der Waals surface area contributed by atoms with Gasteiger partial charge in [-0.2, -0.15) is 0 Å². The molecule has 5 heteroatoms. The van der Waals surface area contributed by atoms with Gasteiger partial charge in [-0.05, 0) is 50.3 Å². The topological polar surface area (TPSA) is 42.2 Å². The highest BCUT2D eigenvalue weighted by atomic mass is 79.9. The molecule has 3 nitrogen and oxygen atoms in total. The molecule has 88 valence electrons. The van der Waals surface area contributed by atoms with Crippen LogP contribution in [0.15, 0.2) is 21.2 Å². The molecule has 1 aromatic heterocycles. The van der Waals surface area contributed by atoms with Crippen molar-refractivity contribution in [3.05, 3.63) is 21.2 Å². The zero-order chi connectivity index (χ0) is 11.7. The minimum atomic E-state index is 0.407. The molecule has 0 amide bonds. The molecule has 2 N–H and O–H groups in total. The van der Waals surface area contributed by atoms with Gasteiger partial charge in [0.2, 0.25) is 0 Å². The van der Waals surface area contributed by atoms with Gasteiger partial charge in [-0.3, -0.25) is 0 Å². The molecule has 1 saturated heterocycles. The van der Waals surface area contributed by atoms with Crippen LogP contribution in [-0.4, -0.2) is 24.1 Å². The zero-order valence-corrected chi connectivity index (χ0v) is 12.3. The van der Waals surface area contributed by atoms with E-state index in [0.717, 1.165) is 21.3 Å². The maximum Gasteiger partial charge on any atom is 0.143 e. The van der Waals surface area contributed by atoms with Crippen LogP contribution in [0.4, 0.5) is 5.82 Å². The highest BCUT2D eigenvalue weighted by Gasteiger charge is 2.31. The molecule has 1 aliphatic heterocycles. The fourth-order valence-electron chi connectivity index (χ4n) is 2.25. The third-order valence-electron chi connectivity index (χ3n) is 3.18. The van der Waals surface area contributed by atoms with Gasteiger partial charge in [0.15, 0.2) is 0 Å². The van der Waals surface area contributed by atoms with Crippen molar-refractivity contribution in [1.82, 2.24) is 4.98 Å². The van der Waals surface area contributed by atoms with Gasteiger partial charge in [0.1, 0.15) is 5.82 Å². The Bertz CT molecular complexity index is 383. The summed E-state index contributed by atoms with van der Waals surface area (Å²) in [7, 11) is 0. The van der Waals surface area contributed by atoms with E-state index in [4.69, 9.17) is 5.73 Å². The second-order valence-corrected chi connectivity index (χ2v) is 5.99. The molecule has 0 spiro atoms. The summed E-state index contributed by atoms with van der Waals surface area (Å²) < 4.78 is 2.01. The van der Waals surface area contributed by atoms with Crippen molar-refractivity contribution in [2.75, 3.05) is 18.0 Å². The summed E-state index contributed by atoms with van der Waals surface area (Å²) in [6.45, 7) is 3.98. The van der Waals surface area contributed by atoms with Crippen LogP contribution in [0.5, 0.6) is 0 Å². The van der Waals surface area contributed by atoms with E-state index in [2.05, 4.69) is 48.7 Å². The lowest BCUT2D eigenvalue weighted by molar-refractivity contribution is 0.517. The molecule has 1 aromatic rings. The Hall–Kier alpha value is -0.130. The summed E-state index contributed by atoms with van der Waals surface area (Å²) in [5, 5.41) is 0. The van der Waals surface area contributed by atoms with Crippen LogP contribution in [-0.2, 0) is 0 Å². The number of hydrogen-bond donors (Lipinski definition) is 1. The van der Waals surface area contributed by atoms with Crippen molar-refractivity contribution in [2.24, 2.45) is 11.7 Å². The van der Waals surface area contributed by atoms with E-state index < -0.39 is 0 Å². The molecule has 1 fully saturated rings. The SMILES string of the molecule is CC1CCN(c2ncc(Br)cc2Br)C1CN. The van der Waals surface area contributed by atoms with Crippen molar-refractivity contribution >= 4 is 37.7 Å². The van der Waals surface area contributed by atoms with Gasteiger partial charge in [-0.1, -0.05) is 6.92 Å². The summed E-state index contributed by atoms with van der Waals surface area (Å²) in [5.74, 6) is 1.64. The molecule has 2 unspecified atom stereocenters. The molecule has 0 saturated carbocycles.